The molecule has 11 heavy (non-hydrogen) atoms. The lowest BCUT2D eigenvalue weighted by Gasteiger charge is -2.02. The van der Waals surface area contributed by atoms with Crippen LogP contribution in [0.1, 0.15) is 13.3 Å². The van der Waals surface area contributed by atoms with Gasteiger partial charge in [-0.25, -0.2) is 4.68 Å². The number of tetrazole rings is 1. The lowest BCUT2D eigenvalue weighted by molar-refractivity contribution is 0.175. The van der Waals surface area contributed by atoms with Crippen molar-refractivity contribution in [1.82, 2.24) is 20.2 Å². The highest BCUT2D eigenvalue weighted by Crippen LogP contribution is 1.93. The van der Waals surface area contributed by atoms with Crippen LogP contribution in [0.15, 0.2) is 0 Å². The molecule has 0 saturated heterocycles. The number of rotatable bonds is 3. The highest BCUT2D eigenvalue weighted by Gasteiger charge is 1.98. The van der Waals surface area contributed by atoms with Crippen LogP contribution < -0.4 is 0 Å². The van der Waals surface area contributed by atoms with Gasteiger partial charge in [0.15, 0.2) is 0 Å². The van der Waals surface area contributed by atoms with Crippen LogP contribution in [0.5, 0.6) is 0 Å². The van der Waals surface area contributed by atoms with Crippen molar-refractivity contribution in [2.24, 2.45) is 0 Å². The van der Waals surface area contributed by atoms with Gasteiger partial charge in [-0.05, 0) is 25.6 Å². The number of nitrogens with one attached hydrogen (secondary N) is 1. The Labute approximate surface area is 69.0 Å². The Kier molecular flexibility index (Phi) is 2.72. The summed E-state index contributed by atoms with van der Waals surface area (Å²) in [5.41, 5.74) is 0. The molecule has 1 heterocycles. The van der Waals surface area contributed by atoms with E-state index in [1.165, 1.54) is 0 Å². The second-order valence-electron chi connectivity index (χ2n) is 2.37. The average Bonchev–Trinajstić information content (AvgIpc) is 2.31. The van der Waals surface area contributed by atoms with Crippen molar-refractivity contribution in [3.63, 3.8) is 0 Å². The zero-order chi connectivity index (χ0) is 8.27. The van der Waals surface area contributed by atoms with Crippen molar-refractivity contribution in [3.8, 4) is 0 Å². The molecule has 0 fully saturated rings. The summed E-state index contributed by atoms with van der Waals surface area (Å²) in [7, 11) is 0. The number of H-pyrrole nitrogens is 1. The maximum Gasteiger partial charge on any atom is 0.238 e. The lowest BCUT2D eigenvalue weighted by Crippen LogP contribution is -2.08. The summed E-state index contributed by atoms with van der Waals surface area (Å²) in [5, 5.41) is 18.6. The van der Waals surface area contributed by atoms with E-state index in [9.17, 15) is 0 Å². The van der Waals surface area contributed by atoms with E-state index in [0.717, 1.165) is 0 Å². The number of hydrogen-bond donors (Lipinski definition) is 2. The van der Waals surface area contributed by atoms with Crippen LogP contribution >= 0.6 is 12.2 Å². The van der Waals surface area contributed by atoms with Gasteiger partial charge in [0.1, 0.15) is 0 Å². The maximum atomic E-state index is 8.94. The molecule has 1 aromatic rings. The molecule has 1 rings (SSSR count). The zero-order valence-corrected chi connectivity index (χ0v) is 7.01. The minimum atomic E-state index is -0.319. The van der Waals surface area contributed by atoms with Gasteiger partial charge in [-0.15, -0.1) is 0 Å². The highest BCUT2D eigenvalue weighted by atomic mass is 32.1. The van der Waals surface area contributed by atoms with Gasteiger partial charge in [-0.1, -0.05) is 10.3 Å². The Morgan fingerprint density at radius 3 is 3.00 bits per heavy atom. The minimum absolute atomic E-state index is 0.319. The Hall–Kier alpha value is -0.750. The van der Waals surface area contributed by atoms with Crippen LogP contribution in [-0.4, -0.2) is 31.4 Å². The summed E-state index contributed by atoms with van der Waals surface area (Å²) >= 11 is 4.81. The van der Waals surface area contributed by atoms with E-state index in [4.69, 9.17) is 17.3 Å². The number of aromatic amines is 1. The van der Waals surface area contributed by atoms with E-state index in [1.54, 1.807) is 11.6 Å². The summed E-state index contributed by atoms with van der Waals surface area (Å²) in [6.07, 6.45) is 0.332. The van der Waals surface area contributed by atoms with Gasteiger partial charge in [0, 0.05) is 6.54 Å². The molecule has 62 valence electrons. The summed E-state index contributed by atoms with van der Waals surface area (Å²) in [6, 6.07) is 0. The summed E-state index contributed by atoms with van der Waals surface area (Å²) in [5.74, 6) is 0. The Morgan fingerprint density at radius 1 is 1.82 bits per heavy atom. The first-order valence-electron chi connectivity index (χ1n) is 3.36. The van der Waals surface area contributed by atoms with Gasteiger partial charge < -0.3 is 5.11 Å². The van der Waals surface area contributed by atoms with Gasteiger partial charge in [0.05, 0.1) is 6.10 Å². The monoisotopic (exact) mass is 174 g/mol. The van der Waals surface area contributed by atoms with Crippen molar-refractivity contribution in [2.75, 3.05) is 0 Å². The topological polar surface area (TPSA) is 66.7 Å². The number of hydrogen-bond acceptors (Lipinski definition) is 4. The van der Waals surface area contributed by atoms with Crippen LogP contribution in [-0.2, 0) is 6.54 Å². The lowest BCUT2D eigenvalue weighted by atomic mass is 10.3. The third-order valence-corrected chi connectivity index (χ3v) is 1.60. The van der Waals surface area contributed by atoms with Gasteiger partial charge in [-0.2, -0.15) is 5.21 Å². The number of aryl methyl sites for hydroxylation is 1. The second-order valence-corrected chi connectivity index (χ2v) is 2.74. The molecule has 5 nitrogen and oxygen atoms in total. The molecular formula is C5H10N4OS. The predicted molar refractivity (Wildman–Crippen MR) is 41.5 cm³/mol. The van der Waals surface area contributed by atoms with Crippen LogP contribution in [0.3, 0.4) is 0 Å². The Bertz CT molecular complexity index is 265. The normalized spacial score (nSPS) is 13.3. The molecule has 1 unspecified atom stereocenters. The molecule has 0 aromatic carbocycles. The Morgan fingerprint density at radius 2 is 2.55 bits per heavy atom. The van der Waals surface area contributed by atoms with E-state index in [-0.39, 0.29) is 6.10 Å². The molecule has 6 heteroatoms. The van der Waals surface area contributed by atoms with Gasteiger partial charge >= 0.3 is 0 Å². The molecule has 0 saturated carbocycles. The maximum absolute atomic E-state index is 8.94. The second kappa shape index (κ2) is 3.59. The molecule has 1 aromatic heterocycles. The van der Waals surface area contributed by atoms with Crippen molar-refractivity contribution in [3.05, 3.63) is 4.77 Å². The van der Waals surface area contributed by atoms with Crippen LogP contribution in [0.2, 0.25) is 0 Å². The largest absolute Gasteiger partial charge is 0.393 e. The quantitative estimate of drug-likeness (QED) is 0.638. The Balaban J connectivity index is 2.51. The number of aliphatic hydroxyl groups is 1. The smallest absolute Gasteiger partial charge is 0.238 e. The summed E-state index contributed by atoms with van der Waals surface area (Å²) < 4.78 is 2.04. The molecule has 0 aliphatic heterocycles. The first-order valence-corrected chi connectivity index (χ1v) is 3.77. The SMILES string of the molecule is CC(O)CCn1[nH]nnc1=S. The fourth-order valence-electron chi connectivity index (χ4n) is 0.677. The van der Waals surface area contributed by atoms with Crippen molar-refractivity contribution < 1.29 is 5.11 Å². The van der Waals surface area contributed by atoms with E-state index >= 15 is 0 Å². The van der Waals surface area contributed by atoms with Crippen molar-refractivity contribution in [1.29, 1.82) is 0 Å². The first kappa shape index (κ1) is 8.35. The van der Waals surface area contributed by atoms with E-state index in [1.807, 2.05) is 0 Å². The van der Waals surface area contributed by atoms with E-state index < -0.39 is 0 Å². The van der Waals surface area contributed by atoms with E-state index in [0.29, 0.717) is 17.7 Å². The minimum Gasteiger partial charge on any atom is -0.393 e. The number of nitrogens with zero attached hydrogens (tertiary/aromatic N) is 3. The third-order valence-electron chi connectivity index (χ3n) is 1.30. The number of aromatic nitrogens is 4. The van der Waals surface area contributed by atoms with Crippen molar-refractivity contribution >= 4 is 12.2 Å². The van der Waals surface area contributed by atoms with Gasteiger partial charge in [0.25, 0.3) is 0 Å². The van der Waals surface area contributed by atoms with Crippen molar-refractivity contribution in [2.45, 2.75) is 26.0 Å². The molecule has 0 radical (unpaired) electrons. The predicted octanol–water partition coefficient (Wildman–Crippen LogP) is 0.107. The summed E-state index contributed by atoms with van der Waals surface area (Å²) in [6.45, 7) is 2.36. The standard InChI is InChI=1S/C5H10N4OS/c1-4(10)2-3-9-5(11)6-7-8-9/h4,10H,2-3H2,1H3,(H,6,8,11). The molecule has 0 aliphatic rings. The zero-order valence-electron chi connectivity index (χ0n) is 6.19. The fourth-order valence-corrected chi connectivity index (χ4v) is 0.850. The third kappa shape index (κ3) is 2.39. The first-order chi connectivity index (χ1) is 5.20. The van der Waals surface area contributed by atoms with E-state index in [2.05, 4.69) is 15.5 Å². The molecule has 0 aliphatic carbocycles. The molecule has 0 amide bonds. The molecule has 1 atom stereocenters. The van der Waals surface area contributed by atoms with Crippen LogP contribution in [0, 0.1) is 4.77 Å². The molecule has 2 N–H and O–H groups in total. The number of aliphatic hydroxyl groups excluding tert-OH is 1. The van der Waals surface area contributed by atoms with Gasteiger partial charge in [-0.3, -0.25) is 0 Å². The van der Waals surface area contributed by atoms with Crippen LogP contribution in [0.4, 0.5) is 0 Å². The highest BCUT2D eigenvalue weighted by molar-refractivity contribution is 7.71. The molecule has 0 bridgehead atoms. The molecule has 0 spiro atoms. The molecular weight excluding hydrogens is 164 g/mol. The van der Waals surface area contributed by atoms with Gasteiger partial charge in [0.2, 0.25) is 4.77 Å². The van der Waals surface area contributed by atoms with Crippen LogP contribution in [0.25, 0.3) is 0 Å². The summed E-state index contributed by atoms with van der Waals surface area (Å²) in [4.78, 5) is 0. The fraction of sp³-hybridized carbons (Fsp3) is 0.800. The average molecular weight is 174 g/mol.